The Morgan fingerprint density at radius 1 is 1.22 bits per heavy atom. The minimum Gasteiger partial charge on any atom is -0.254 e. The Kier molecular flexibility index (Phi) is 4.88. The van der Waals surface area contributed by atoms with E-state index < -0.39 is 25.5 Å². The smallest absolute Gasteiger partial charge is 0.254 e. The fourth-order valence-electron chi connectivity index (χ4n) is 1.14. The fourth-order valence-corrected chi connectivity index (χ4v) is 2.54. The Balaban J connectivity index is 3.13. The van der Waals surface area contributed by atoms with Crippen molar-refractivity contribution in [2.75, 3.05) is 0 Å². The molecule has 0 aromatic heterocycles. The minimum atomic E-state index is -4.73. The molecular formula is C8H5BrF5O3P. The molecule has 102 valence electrons. The third kappa shape index (κ3) is 3.74. The molecule has 0 N–H and O–H groups in total. The van der Waals surface area contributed by atoms with Gasteiger partial charge in [0.1, 0.15) is 0 Å². The summed E-state index contributed by atoms with van der Waals surface area (Å²) in [5, 5.41) is 0. The van der Waals surface area contributed by atoms with Crippen LogP contribution in [0.3, 0.4) is 0 Å². The van der Waals surface area contributed by atoms with E-state index >= 15 is 0 Å². The maximum atomic E-state index is 12.4. The quantitative estimate of drug-likeness (QED) is 0.566. The van der Waals surface area contributed by atoms with Crippen LogP contribution in [0.5, 0.6) is 0 Å². The fraction of sp³-hybridized carbons (Fsp3) is 0.250. The minimum absolute atomic E-state index is 0.0878. The lowest BCUT2D eigenvalue weighted by Gasteiger charge is -2.12. The Bertz CT molecular complexity index is 470. The van der Waals surface area contributed by atoms with Crippen LogP contribution in [0.15, 0.2) is 22.7 Å². The van der Waals surface area contributed by atoms with E-state index in [2.05, 4.69) is 25.4 Å². The van der Waals surface area contributed by atoms with E-state index in [1.165, 1.54) is 0 Å². The van der Waals surface area contributed by atoms with E-state index in [1.54, 1.807) is 0 Å². The summed E-state index contributed by atoms with van der Waals surface area (Å²) in [5.41, 5.74) is -1.31. The van der Waals surface area contributed by atoms with Gasteiger partial charge in [-0.1, -0.05) is 15.9 Å². The van der Waals surface area contributed by atoms with Crippen LogP contribution in [0, 0.1) is 0 Å². The van der Waals surface area contributed by atoms with Gasteiger partial charge in [0.15, 0.2) is 0 Å². The van der Waals surface area contributed by atoms with E-state index in [0.717, 1.165) is 12.1 Å². The molecule has 0 aliphatic heterocycles. The molecule has 0 atom stereocenters. The first-order valence-electron chi connectivity index (χ1n) is 4.27. The molecule has 1 rings (SSSR count). The molecule has 0 saturated heterocycles. The van der Waals surface area contributed by atoms with Crippen LogP contribution in [0.2, 0.25) is 0 Å². The summed E-state index contributed by atoms with van der Waals surface area (Å²) in [6, 6.07) is 2.36. The zero-order valence-corrected chi connectivity index (χ0v) is 10.9. The van der Waals surface area contributed by atoms with E-state index in [4.69, 9.17) is 0 Å². The van der Waals surface area contributed by atoms with Gasteiger partial charge in [-0.05, 0) is 32.8 Å². The third-order valence-electron chi connectivity index (χ3n) is 1.95. The SMILES string of the molecule is O=P(Cc1cc(C(F)(F)F)ccc1Br)(OF)OF. The topological polar surface area (TPSA) is 35.5 Å². The highest BCUT2D eigenvalue weighted by atomic mass is 79.9. The molecule has 0 aliphatic carbocycles. The Morgan fingerprint density at radius 3 is 2.22 bits per heavy atom. The molecule has 10 heteroatoms. The van der Waals surface area contributed by atoms with Crippen LogP contribution in [-0.2, 0) is 26.4 Å². The average molecular weight is 355 g/mol. The van der Waals surface area contributed by atoms with Gasteiger partial charge in [-0.25, -0.2) is 0 Å². The summed E-state index contributed by atoms with van der Waals surface area (Å²) in [5.74, 6) is 0. The molecular weight excluding hydrogens is 350 g/mol. The molecule has 0 spiro atoms. The Labute approximate surface area is 106 Å². The number of hydrogen-bond acceptors (Lipinski definition) is 3. The first kappa shape index (κ1) is 15.6. The van der Waals surface area contributed by atoms with Gasteiger partial charge in [0.25, 0.3) is 0 Å². The second-order valence-corrected chi connectivity index (χ2v) is 5.88. The predicted octanol–water partition coefficient (Wildman–Crippen LogP) is 4.96. The number of alkyl halides is 3. The summed E-state index contributed by atoms with van der Waals surface area (Å²) >= 11 is 2.86. The summed E-state index contributed by atoms with van der Waals surface area (Å²) in [6.45, 7) is 0. The third-order valence-corrected chi connectivity index (χ3v) is 3.87. The molecule has 0 radical (unpaired) electrons. The molecule has 1 aromatic carbocycles. The second-order valence-electron chi connectivity index (χ2n) is 3.21. The van der Waals surface area contributed by atoms with Crippen molar-refractivity contribution < 1.29 is 36.2 Å². The lowest BCUT2D eigenvalue weighted by molar-refractivity contribution is -0.137. The number of hydrogen-bond donors (Lipinski definition) is 0. The maximum Gasteiger partial charge on any atom is 0.416 e. The highest BCUT2D eigenvalue weighted by Crippen LogP contribution is 2.53. The van der Waals surface area contributed by atoms with Gasteiger partial charge in [-0.15, -0.1) is 9.46 Å². The van der Waals surface area contributed by atoms with Crippen LogP contribution >= 0.6 is 23.5 Å². The molecule has 0 saturated carbocycles. The average Bonchev–Trinajstić information content (AvgIpc) is 2.30. The van der Waals surface area contributed by atoms with Gasteiger partial charge >= 0.3 is 13.8 Å². The summed E-state index contributed by atoms with van der Waals surface area (Å²) in [6.07, 6.45) is -5.61. The van der Waals surface area contributed by atoms with Crippen LogP contribution < -0.4 is 0 Å². The molecule has 0 unspecified atom stereocenters. The highest BCUT2D eigenvalue weighted by molar-refractivity contribution is 9.10. The van der Waals surface area contributed by atoms with Crippen molar-refractivity contribution in [3.8, 4) is 0 Å². The Hall–Kier alpha value is -0.500. The highest BCUT2D eigenvalue weighted by Gasteiger charge is 2.33. The molecule has 0 amide bonds. The monoisotopic (exact) mass is 354 g/mol. The zero-order chi connectivity index (χ0) is 14.0. The van der Waals surface area contributed by atoms with Crippen molar-refractivity contribution in [1.29, 1.82) is 0 Å². The molecule has 3 nitrogen and oxygen atoms in total. The second kappa shape index (κ2) is 5.64. The van der Waals surface area contributed by atoms with Crippen LogP contribution in [0.1, 0.15) is 11.1 Å². The van der Waals surface area contributed by atoms with E-state index in [9.17, 15) is 26.8 Å². The molecule has 0 bridgehead atoms. The van der Waals surface area contributed by atoms with Crippen LogP contribution in [-0.4, -0.2) is 0 Å². The first-order chi connectivity index (χ1) is 8.22. The summed E-state index contributed by atoms with van der Waals surface area (Å²) < 4.78 is 77.7. The molecule has 0 fully saturated rings. The lowest BCUT2D eigenvalue weighted by Crippen LogP contribution is -2.06. The lowest BCUT2D eigenvalue weighted by atomic mass is 10.1. The van der Waals surface area contributed by atoms with E-state index in [0.29, 0.717) is 6.07 Å². The largest absolute Gasteiger partial charge is 0.416 e. The summed E-state index contributed by atoms with van der Waals surface area (Å²) in [7, 11) is -4.73. The van der Waals surface area contributed by atoms with Crippen molar-refractivity contribution >= 4 is 23.5 Å². The first-order valence-corrected chi connectivity index (χ1v) is 6.79. The maximum absolute atomic E-state index is 12.4. The number of rotatable bonds is 4. The number of benzene rings is 1. The zero-order valence-electron chi connectivity index (χ0n) is 8.38. The number of halogens is 6. The standard InChI is InChI=1S/C8H5BrF5O3P/c9-7-2-1-6(8(10,11)12)3-5(7)4-18(15,16-13)17-14/h1-3H,4H2. The van der Waals surface area contributed by atoms with Crippen molar-refractivity contribution in [3.63, 3.8) is 0 Å². The molecule has 0 heterocycles. The van der Waals surface area contributed by atoms with Gasteiger partial charge in [-0.2, -0.15) is 13.2 Å². The van der Waals surface area contributed by atoms with Gasteiger partial charge in [0, 0.05) is 4.47 Å². The van der Waals surface area contributed by atoms with E-state index in [-0.39, 0.29) is 10.0 Å². The van der Waals surface area contributed by atoms with Crippen molar-refractivity contribution in [1.82, 2.24) is 0 Å². The van der Waals surface area contributed by atoms with Gasteiger partial charge in [0.05, 0.1) is 11.7 Å². The van der Waals surface area contributed by atoms with Gasteiger partial charge < -0.3 is 0 Å². The molecule has 1 aromatic rings. The normalized spacial score (nSPS) is 12.8. The van der Waals surface area contributed by atoms with Gasteiger partial charge in [-0.3, -0.25) is 4.57 Å². The van der Waals surface area contributed by atoms with Crippen LogP contribution in [0.4, 0.5) is 22.2 Å². The molecule has 0 aliphatic rings. The Morgan fingerprint density at radius 2 is 1.78 bits per heavy atom. The van der Waals surface area contributed by atoms with Crippen LogP contribution in [0.25, 0.3) is 0 Å². The van der Waals surface area contributed by atoms with Crippen molar-refractivity contribution in [3.05, 3.63) is 33.8 Å². The molecule has 18 heavy (non-hydrogen) atoms. The van der Waals surface area contributed by atoms with Gasteiger partial charge in [0.2, 0.25) is 0 Å². The van der Waals surface area contributed by atoms with E-state index in [1.807, 2.05) is 0 Å². The van der Waals surface area contributed by atoms with Crippen molar-refractivity contribution in [2.24, 2.45) is 0 Å². The predicted molar refractivity (Wildman–Crippen MR) is 54.8 cm³/mol. The summed E-state index contributed by atoms with van der Waals surface area (Å²) in [4.78, 5) is 0. The van der Waals surface area contributed by atoms with Crippen molar-refractivity contribution in [2.45, 2.75) is 12.3 Å².